The lowest BCUT2D eigenvalue weighted by Gasteiger charge is -2.34. The van der Waals surface area contributed by atoms with Crippen molar-refractivity contribution in [1.29, 1.82) is 0 Å². The Morgan fingerprint density at radius 3 is 2.49 bits per heavy atom. The average Bonchev–Trinajstić information content (AvgIpc) is 2.92. The zero-order chi connectivity index (χ0) is 28.4. The number of aliphatic hydroxyl groups is 2. The summed E-state index contributed by atoms with van der Waals surface area (Å²) in [5.41, 5.74) is 2.08. The lowest BCUT2D eigenvalue weighted by Crippen LogP contribution is -2.46. The number of hydrogen-bond donors (Lipinski definition) is 3. The van der Waals surface area contributed by atoms with Crippen LogP contribution in [-0.2, 0) is 27.2 Å². The van der Waals surface area contributed by atoms with Gasteiger partial charge in [0.2, 0.25) is 0 Å². The van der Waals surface area contributed by atoms with E-state index in [1.54, 1.807) is 0 Å². The predicted molar refractivity (Wildman–Crippen MR) is 140 cm³/mol. The fourth-order valence-corrected chi connectivity index (χ4v) is 6.89. The summed E-state index contributed by atoms with van der Waals surface area (Å²) in [5, 5.41) is 23.5. The van der Waals surface area contributed by atoms with Crippen LogP contribution in [0.2, 0.25) is 0 Å². The zero-order valence-corrected chi connectivity index (χ0v) is 22.6. The molecule has 214 valence electrons. The molecule has 2 aromatic rings. The second-order valence-corrected chi connectivity index (χ2v) is 12.5. The number of alkyl halides is 3. The SMILES string of the molecule is C[C@H](c1ccc2c(c1)CCCC2NC(=O)[C@H](O)[C@H](O)CS(=O)(=O)c1cccc(C(F)(F)F)c1)N1CCCCC1. The summed E-state index contributed by atoms with van der Waals surface area (Å²) < 4.78 is 64.2. The highest BCUT2D eigenvalue weighted by Gasteiger charge is 2.35. The van der Waals surface area contributed by atoms with Crippen molar-refractivity contribution in [2.75, 3.05) is 18.8 Å². The molecule has 1 aliphatic carbocycles. The fourth-order valence-electron chi connectivity index (χ4n) is 5.47. The Kier molecular flexibility index (Phi) is 9.05. The molecule has 3 N–H and O–H groups in total. The van der Waals surface area contributed by atoms with Gasteiger partial charge in [-0.3, -0.25) is 9.69 Å². The maximum Gasteiger partial charge on any atom is 0.416 e. The summed E-state index contributed by atoms with van der Waals surface area (Å²) in [5.74, 6) is -2.05. The van der Waals surface area contributed by atoms with Crippen molar-refractivity contribution < 1.29 is 36.6 Å². The lowest BCUT2D eigenvalue weighted by molar-refractivity contribution is -0.137. The monoisotopic (exact) mass is 568 g/mol. The van der Waals surface area contributed by atoms with Gasteiger partial charge in [-0.15, -0.1) is 0 Å². The molecule has 7 nitrogen and oxygen atoms in total. The molecule has 0 saturated carbocycles. The van der Waals surface area contributed by atoms with Gasteiger partial charge < -0.3 is 15.5 Å². The third-order valence-corrected chi connectivity index (χ3v) is 9.51. The number of nitrogens with one attached hydrogen (secondary N) is 1. The van der Waals surface area contributed by atoms with Gasteiger partial charge in [-0.2, -0.15) is 13.2 Å². The molecule has 1 saturated heterocycles. The van der Waals surface area contributed by atoms with E-state index in [-0.39, 0.29) is 6.04 Å². The van der Waals surface area contributed by atoms with Gasteiger partial charge in [-0.1, -0.05) is 30.7 Å². The minimum Gasteiger partial charge on any atom is -0.389 e. The summed E-state index contributed by atoms with van der Waals surface area (Å²) in [6, 6.07) is 9.19. The van der Waals surface area contributed by atoms with Gasteiger partial charge in [0.25, 0.3) is 5.91 Å². The van der Waals surface area contributed by atoms with E-state index in [1.807, 2.05) is 6.07 Å². The summed E-state index contributed by atoms with van der Waals surface area (Å²) in [4.78, 5) is 14.6. The van der Waals surface area contributed by atoms with Crippen LogP contribution in [0, 0.1) is 0 Å². The first kappa shape index (κ1) is 29.5. The Morgan fingerprint density at radius 2 is 1.79 bits per heavy atom. The third-order valence-electron chi connectivity index (χ3n) is 7.76. The number of sulfone groups is 1. The van der Waals surface area contributed by atoms with E-state index in [2.05, 4.69) is 29.3 Å². The highest BCUT2D eigenvalue weighted by atomic mass is 32.2. The van der Waals surface area contributed by atoms with Gasteiger partial charge in [0, 0.05) is 6.04 Å². The molecule has 1 unspecified atom stereocenters. The number of likely N-dealkylation sites (tertiary alicyclic amines) is 1. The summed E-state index contributed by atoms with van der Waals surface area (Å²) >= 11 is 0. The maximum atomic E-state index is 13.0. The standard InChI is InChI=1S/C28H35F3N2O5S/c1-18(33-13-3-2-4-14-33)19-11-12-23-20(15-19)7-5-10-24(23)32-27(36)26(35)25(34)17-39(37,38)22-9-6-8-21(16-22)28(29,30)31/h6,8-9,11-12,15-16,18,24-26,34-35H,2-5,7,10,13-14,17H2,1H3,(H,32,36)/t18-,24?,25-,26-/m1/s1. The Bertz CT molecular complexity index is 1280. The van der Waals surface area contributed by atoms with E-state index in [0.29, 0.717) is 12.5 Å². The average molecular weight is 569 g/mol. The van der Waals surface area contributed by atoms with Gasteiger partial charge >= 0.3 is 6.18 Å². The van der Waals surface area contributed by atoms with Crippen LogP contribution in [0.1, 0.15) is 73.4 Å². The molecule has 0 spiro atoms. The third kappa shape index (κ3) is 7.00. The van der Waals surface area contributed by atoms with Crippen molar-refractivity contribution in [3.05, 3.63) is 64.7 Å². The highest BCUT2D eigenvalue weighted by Crippen LogP contribution is 2.34. The van der Waals surface area contributed by atoms with Crippen LogP contribution in [0.25, 0.3) is 0 Å². The van der Waals surface area contributed by atoms with Crippen molar-refractivity contribution in [1.82, 2.24) is 10.2 Å². The normalized spacial score (nSPS) is 21.0. The summed E-state index contributed by atoms with van der Waals surface area (Å²) in [6.45, 7) is 4.33. The molecule has 0 aromatic heterocycles. The molecule has 11 heteroatoms. The van der Waals surface area contributed by atoms with Crippen LogP contribution >= 0.6 is 0 Å². The van der Waals surface area contributed by atoms with Gasteiger partial charge in [0.1, 0.15) is 6.10 Å². The Morgan fingerprint density at radius 1 is 1.08 bits per heavy atom. The van der Waals surface area contributed by atoms with E-state index in [4.69, 9.17) is 0 Å². The molecule has 4 atom stereocenters. The number of halogens is 3. The number of carbonyl (C=O) groups is 1. The predicted octanol–water partition coefficient (Wildman–Crippen LogP) is 3.94. The quantitative estimate of drug-likeness (QED) is 0.446. The van der Waals surface area contributed by atoms with E-state index < -0.39 is 56.4 Å². The number of benzene rings is 2. The highest BCUT2D eigenvalue weighted by molar-refractivity contribution is 7.91. The number of rotatable bonds is 8. The summed E-state index contributed by atoms with van der Waals surface area (Å²) in [7, 11) is -4.42. The van der Waals surface area contributed by atoms with Gasteiger partial charge in [0.15, 0.2) is 15.9 Å². The molecule has 2 aliphatic rings. The van der Waals surface area contributed by atoms with Crippen LogP contribution in [0.5, 0.6) is 0 Å². The Balaban J connectivity index is 1.41. The number of aryl methyl sites for hydroxylation is 1. The topological polar surface area (TPSA) is 107 Å². The van der Waals surface area contributed by atoms with E-state index in [1.165, 1.54) is 24.8 Å². The number of carbonyl (C=O) groups excluding carboxylic acids is 1. The second-order valence-electron chi connectivity index (χ2n) is 10.5. The van der Waals surface area contributed by atoms with E-state index in [9.17, 15) is 36.6 Å². The second kappa shape index (κ2) is 12.0. The molecule has 1 aliphatic heterocycles. The minimum absolute atomic E-state index is 0.279. The smallest absolute Gasteiger partial charge is 0.389 e. The molecule has 1 heterocycles. The van der Waals surface area contributed by atoms with Gasteiger partial charge in [0.05, 0.1) is 22.3 Å². The first-order chi connectivity index (χ1) is 18.4. The molecule has 39 heavy (non-hydrogen) atoms. The maximum absolute atomic E-state index is 13.0. The number of nitrogens with zero attached hydrogens (tertiary/aromatic N) is 1. The largest absolute Gasteiger partial charge is 0.416 e. The van der Waals surface area contributed by atoms with E-state index >= 15 is 0 Å². The van der Waals surface area contributed by atoms with Crippen molar-refractivity contribution in [2.24, 2.45) is 0 Å². The Labute approximate surface area is 226 Å². The lowest BCUT2D eigenvalue weighted by atomic mass is 9.85. The van der Waals surface area contributed by atoms with Gasteiger partial charge in [-0.25, -0.2) is 8.42 Å². The first-order valence-corrected chi connectivity index (χ1v) is 15.0. The van der Waals surface area contributed by atoms with Crippen molar-refractivity contribution in [2.45, 2.75) is 80.8 Å². The molecular formula is C28H35F3N2O5S. The van der Waals surface area contributed by atoms with Crippen LogP contribution in [0.15, 0.2) is 47.4 Å². The number of piperidine rings is 1. The van der Waals surface area contributed by atoms with Crippen molar-refractivity contribution in [3.8, 4) is 0 Å². The fraction of sp³-hybridized carbons (Fsp3) is 0.536. The molecule has 2 aromatic carbocycles. The molecule has 0 bridgehead atoms. The number of fused-ring (bicyclic) bond motifs is 1. The number of hydrogen-bond acceptors (Lipinski definition) is 6. The molecule has 1 amide bonds. The van der Waals surface area contributed by atoms with Crippen LogP contribution < -0.4 is 5.32 Å². The van der Waals surface area contributed by atoms with Crippen LogP contribution in [0.4, 0.5) is 13.2 Å². The summed E-state index contributed by atoms with van der Waals surface area (Å²) in [6.07, 6.45) is -2.93. The van der Waals surface area contributed by atoms with E-state index in [0.717, 1.165) is 55.3 Å². The number of amides is 1. The Hall–Kier alpha value is -2.47. The number of aliphatic hydroxyl groups excluding tert-OH is 2. The van der Waals surface area contributed by atoms with Crippen molar-refractivity contribution >= 4 is 15.7 Å². The van der Waals surface area contributed by atoms with Gasteiger partial charge in [-0.05, 0) is 87.0 Å². The molecular weight excluding hydrogens is 533 g/mol. The van der Waals surface area contributed by atoms with Crippen LogP contribution in [0.3, 0.4) is 0 Å². The molecule has 4 rings (SSSR count). The molecule has 0 radical (unpaired) electrons. The van der Waals surface area contributed by atoms with Crippen LogP contribution in [-0.4, -0.2) is 60.5 Å². The zero-order valence-electron chi connectivity index (χ0n) is 21.8. The van der Waals surface area contributed by atoms with Crippen molar-refractivity contribution in [3.63, 3.8) is 0 Å². The minimum atomic E-state index is -4.74. The first-order valence-electron chi connectivity index (χ1n) is 13.3. The molecule has 1 fully saturated rings.